The summed E-state index contributed by atoms with van der Waals surface area (Å²) < 4.78 is 5.66. The summed E-state index contributed by atoms with van der Waals surface area (Å²) in [5, 5.41) is 11.1. The number of pyridine rings is 1. The Kier molecular flexibility index (Phi) is 3.83. The van der Waals surface area contributed by atoms with E-state index in [0.717, 1.165) is 23.1 Å². The second kappa shape index (κ2) is 5.93. The minimum atomic E-state index is -1.03. The minimum absolute atomic E-state index is 0.215. The van der Waals surface area contributed by atoms with Crippen LogP contribution >= 0.6 is 0 Å². The molecule has 2 N–H and O–H groups in total. The molecule has 1 unspecified atom stereocenters. The Balaban J connectivity index is 1.87. The predicted octanol–water partition coefficient (Wildman–Crippen LogP) is 2.63. The molecule has 1 aliphatic heterocycles. The molecular weight excluding hydrogens is 268 g/mol. The van der Waals surface area contributed by atoms with Gasteiger partial charge in [-0.15, -0.1) is 0 Å². The third kappa shape index (κ3) is 3.03. The SMILES string of the molecule is O=C(O)NCC1OCCc2cc(-c3cccnc3)ccc21. The second-order valence-electron chi connectivity index (χ2n) is 4.95. The van der Waals surface area contributed by atoms with E-state index in [4.69, 9.17) is 9.84 Å². The Morgan fingerprint density at radius 3 is 3.05 bits per heavy atom. The molecule has 1 aromatic heterocycles. The average molecular weight is 284 g/mol. The zero-order chi connectivity index (χ0) is 14.7. The average Bonchev–Trinajstić information content (AvgIpc) is 2.53. The summed E-state index contributed by atoms with van der Waals surface area (Å²) in [6, 6.07) is 10.1. The van der Waals surface area contributed by atoms with Crippen molar-refractivity contribution < 1.29 is 14.6 Å². The van der Waals surface area contributed by atoms with E-state index in [-0.39, 0.29) is 12.6 Å². The third-order valence-corrected chi connectivity index (χ3v) is 3.61. The van der Waals surface area contributed by atoms with Gasteiger partial charge in [-0.25, -0.2) is 4.79 Å². The fourth-order valence-electron chi connectivity index (χ4n) is 2.60. The van der Waals surface area contributed by atoms with E-state index in [9.17, 15) is 4.79 Å². The number of hydrogen-bond donors (Lipinski definition) is 2. The number of hydrogen-bond acceptors (Lipinski definition) is 3. The summed E-state index contributed by atoms with van der Waals surface area (Å²) in [5.74, 6) is 0. The van der Waals surface area contributed by atoms with Crippen LogP contribution in [0.25, 0.3) is 11.1 Å². The van der Waals surface area contributed by atoms with Crippen LogP contribution in [-0.2, 0) is 11.2 Å². The minimum Gasteiger partial charge on any atom is -0.465 e. The number of benzene rings is 1. The molecule has 0 saturated heterocycles. The van der Waals surface area contributed by atoms with Crippen molar-refractivity contribution in [2.45, 2.75) is 12.5 Å². The fourth-order valence-corrected chi connectivity index (χ4v) is 2.60. The Hall–Kier alpha value is -2.40. The van der Waals surface area contributed by atoms with Gasteiger partial charge in [0.2, 0.25) is 0 Å². The summed E-state index contributed by atoms with van der Waals surface area (Å²) in [5.41, 5.74) is 4.46. The molecule has 5 nitrogen and oxygen atoms in total. The first-order valence-corrected chi connectivity index (χ1v) is 6.85. The van der Waals surface area contributed by atoms with Crippen molar-refractivity contribution in [3.05, 3.63) is 53.9 Å². The van der Waals surface area contributed by atoms with Gasteiger partial charge in [-0.1, -0.05) is 24.3 Å². The Bertz CT molecular complexity index is 643. The quantitative estimate of drug-likeness (QED) is 0.909. The number of nitrogens with one attached hydrogen (secondary N) is 1. The van der Waals surface area contributed by atoms with Crippen LogP contribution in [0.2, 0.25) is 0 Å². The maximum Gasteiger partial charge on any atom is 0.404 e. The molecule has 5 heteroatoms. The molecule has 21 heavy (non-hydrogen) atoms. The highest BCUT2D eigenvalue weighted by atomic mass is 16.5. The number of carbonyl (C=O) groups is 1. The van der Waals surface area contributed by atoms with Crippen molar-refractivity contribution in [1.82, 2.24) is 10.3 Å². The molecule has 0 spiro atoms. The predicted molar refractivity (Wildman–Crippen MR) is 78.1 cm³/mol. The third-order valence-electron chi connectivity index (χ3n) is 3.61. The first-order chi connectivity index (χ1) is 10.2. The van der Waals surface area contributed by atoms with Crippen molar-refractivity contribution in [2.24, 2.45) is 0 Å². The molecule has 0 aliphatic carbocycles. The number of ether oxygens (including phenoxy) is 1. The molecule has 2 aromatic rings. The smallest absolute Gasteiger partial charge is 0.404 e. The van der Waals surface area contributed by atoms with Gasteiger partial charge in [0.15, 0.2) is 0 Å². The maximum absolute atomic E-state index is 10.6. The molecule has 1 atom stereocenters. The number of nitrogens with zero attached hydrogens (tertiary/aromatic N) is 1. The van der Waals surface area contributed by atoms with Crippen LogP contribution < -0.4 is 5.32 Å². The molecule has 0 fully saturated rings. The highest BCUT2D eigenvalue weighted by molar-refractivity contribution is 5.65. The molecule has 0 saturated carbocycles. The van der Waals surface area contributed by atoms with Gasteiger partial charge in [-0.3, -0.25) is 4.98 Å². The lowest BCUT2D eigenvalue weighted by atomic mass is 9.93. The lowest BCUT2D eigenvalue weighted by Crippen LogP contribution is -2.30. The lowest BCUT2D eigenvalue weighted by Gasteiger charge is -2.26. The molecule has 3 rings (SSSR count). The molecule has 2 heterocycles. The van der Waals surface area contributed by atoms with Gasteiger partial charge in [-0.05, 0) is 34.7 Å². The van der Waals surface area contributed by atoms with Crippen molar-refractivity contribution in [3.63, 3.8) is 0 Å². The van der Waals surface area contributed by atoms with Crippen LogP contribution in [0.1, 0.15) is 17.2 Å². The van der Waals surface area contributed by atoms with E-state index < -0.39 is 6.09 Å². The van der Waals surface area contributed by atoms with Crippen molar-refractivity contribution >= 4 is 6.09 Å². The second-order valence-corrected chi connectivity index (χ2v) is 4.95. The summed E-state index contributed by atoms with van der Waals surface area (Å²) in [6.45, 7) is 0.879. The topological polar surface area (TPSA) is 71.5 Å². The number of rotatable bonds is 3. The van der Waals surface area contributed by atoms with E-state index in [1.807, 2.05) is 30.5 Å². The number of fused-ring (bicyclic) bond motifs is 1. The Morgan fingerprint density at radius 1 is 1.38 bits per heavy atom. The zero-order valence-corrected chi connectivity index (χ0v) is 11.5. The first kappa shape index (κ1) is 13.6. The number of carboxylic acid groups (broad SMARTS) is 1. The molecule has 0 radical (unpaired) electrons. The first-order valence-electron chi connectivity index (χ1n) is 6.85. The van der Waals surface area contributed by atoms with Crippen LogP contribution in [0.4, 0.5) is 4.79 Å². The molecule has 1 amide bonds. The number of amides is 1. The normalized spacial score (nSPS) is 17.0. The standard InChI is InChI=1S/C16H16N2O3/c19-16(20)18-10-15-14-4-3-11(8-12(14)5-7-21-15)13-2-1-6-17-9-13/h1-4,6,8-9,15,18H,5,7,10H2,(H,19,20). The van der Waals surface area contributed by atoms with Gasteiger partial charge in [-0.2, -0.15) is 0 Å². The summed E-state index contributed by atoms with van der Waals surface area (Å²) in [6.07, 6.45) is 3.19. The molecule has 1 aliphatic rings. The van der Waals surface area contributed by atoms with E-state index in [1.165, 1.54) is 5.56 Å². The summed E-state index contributed by atoms with van der Waals surface area (Å²) in [7, 11) is 0. The Morgan fingerprint density at radius 2 is 2.29 bits per heavy atom. The van der Waals surface area contributed by atoms with Gasteiger partial charge >= 0.3 is 6.09 Å². The summed E-state index contributed by atoms with van der Waals surface area (Å²) in [4.78, 5) is 14.8. The largest absolute Gasteiger partial charge is 0.465 e. The Labute approximate surface area is 122 Å². The maximum atomic E-state index is 10.6. The number of aromatic nitrogens is 1. The molecule has 0 bridgehead atoms. The van der Waals surface area contributed by atoms with E-state index >= 15 is 0 Å². The van der Waals surface area contributed by atoms with E-state index in [2.05, 4.69) is 16.4 Å². The van der Waals surface area contributed by atoms with Crippen LogP contribution in [0.5, 0.6) is 0 Å². The lowest BCUT2D eigenvalue weighted by molar-refractivity contribution is 0.0427. The summed E-state index contributed by atoms with van der Waals surface area (Å²) >= 11 is 0. The highest BCUT2D eigenvalue weighted by Gasteiger charge is 2.21. The van der Waals surface area contributed by atoms with Crippen molar-refractivity contribution in [1.29, 1.82) is 0 Å². The van der Waals surface area contributed by atoms with Gasteiger partial charge in [0.25, 0.3) is 0 Å². The monoisotopic (exact) mass is 284 g/mol. The van der Waals surface area contributed by atoms with Gasteiger partial charge in [0.1, 0.15) is 6.10 Å². The van der Waals surface area contributed by atoms with E-state index in [0.29, 0.717) is 6.61 Å². The van der Waals surface area contributed by atoms with Crippen LogP contribution in [0, 0.1) is 0 Å². The van der Waals surface area contributed by atoms with Crippen LogP contribution in [-0.4, -0.2) is 29.3 Å². The highest BCUT2D eigenvalue weighted by Crippen LogP contribution is 2.30. The van der Waals surface area contributed by atoms with Crippen LogP contribution in [0.3, 0.4) is 0 Å². The zero-order valence-electron chi connectivity index (χ0n) is 11.5. The van der Waals surface area contributed by atoms with Crippen LogP contribution in [0.15, 0.2) is 42.7 Å². The molecule has 108 valence electrons. The molecule has 1 aromatic carbocycles. The van der Waals surface area contributed by atoms with Crippen molar-refractivity contribution in [2.75, 3.05) is 13.2 Å². The van der Waals surface area contributed by atoms with Gasteiger partial charge in [0.05, 0.1) is 13.2 Å². The fraction of sp³-hybridized carbons (Fsp3) is 0.250. The van der Waals surface area contributed by atoms with Crippen molar-refractivity contribution in [3.8, 4) is 11.1 Å². The van der Waals surface area contributed by atoms with Gasteiger partial charge in [0, 0.05) is 12.4 Å². The van der Waals surface area contributed by atoms with Gasteiger partial charge < -0.3 is 15.2 Å². The molecular formula is C16H16N2O3. The van der Waals surface area contributed by atoms with E-state index in [1.54, 1.807) is 6.20 Å².